The Kier molecular flexibility index (Phi) is 5.65. The van der Waals surface area contributed by atoms with E-state index in [2.05, 4.69) is 32.0 Å². The van der Waals surface area contributed by atoms with Crippen molar-refractivity contribution in [1.29, 1.82) is 5.26 Å². The highest BCUT2D eigenvalue weighted by Crippen LogP contribution is 2.24. The molecule has 0 amide bonds. The van der Waals surface area contributed by atoms with Crippen LogP contribution in [-0.2, 0) is 0 Å². The molecule has 0 aliphatic rings. The van der Waals surface area contributed by atoms with Gasteiger partial charge in [-0.2, -0.15) is 5.26 Å². The van der Waals surface area contributed by atoms with E-state index in [0.29, 0.717) is 13.0 Å². The minimum Gasteiger partial charge on any atom is -0.494 e. The lowest BCUT2D eigenvalue weighted by molar-refractivity contribution is 0.305. The van der Waals surface area contributed by atoms with Crippen LogP contribution >= 0.6 is 0 Å². The van der Waals surface area contributed by atoms with E-state index in [0.717, 1.165) is 17.0 Å². The highest BCUT2D eigenvalue weighted by molar-refractivity contribution is 5.48. The van der Waals surface area contributed by atoms with Crippen molar-refractivity contribution in [3.05, 3.63) is 59.2 Å². The number of benzene rings is 2. The number of hydrogen-bond donors (Lipinski definition) is 0. The molecular weight excluding hydrogens is 284 g/mol. The predicted octanol–water partition coefficient (Wildman–Crippen LogP) is 4.45. The molecule has 2 rings (SSSR count). The number of nitriles is 1. The Hall–Kier alpha value is -2.47. The van der Waals surface area contributed by atoms with Crippen LogP contribution in [0.15, 0.2) is 42.5 Å². The van der Waals surface area contributed by atoms with Gasteiger partial charge in [0.05, 0.1) is 18.6 Å². The lowest BCUT2D eigenvalue weighted by atomic mass is 9.97. The Bertz CT molecular complexity index is 681. The van der Waals surface area contributed by atoms with Gasteiger partial charge in [-0.05, 0) is 54.8 Å². The van der Waals surface area contributed by atoms with Crippen LogP contribution in [0.4, 0.5) is 5.69 Å². The van der Waals surface area contributed by atoms with Crippen LogP contribution in [0.25, 0.3) is 0 Å². The molecule has 0 aromatic heterocycles. The SMILES string of the molecule is Cc1cc(C)cc(OCCC(C#N)c2cccc(N(C)C)c2)c1. The predicted molar refractivity (Wildman–Crippen MR) is 95.2 cm³/mol. The van der Waals surface area contributed by atoms with Gasteiger partial charge in [0, 0.05) is 26.2 Å². The van der Waals surface area contributed by atoms with Crippen LogP contribution in [-0.4, -0.2) is 20.7 Å². The summed E-state index contributed by atoms with van der Waals surface area (Å²) in [4.78, 5) is 2.05. The van der Waals surface area contributed by atoms with E-state index < -0.39 is 0 Å². The minimum absolute atomic E-state index is 0.152. The molecule has 0 aliphatic heterocycles. The third-order valence-electron chi connectivity index (χ3n) is 3.82. The highest BCUT2D eigenvalue weighted by Gasteiger charge is 2.12. The van der Waals surface area contributed by atoms with Crippen molar-refractivity contribution in [2.24, 2.45) is 0 Å². The minimum atomic E-state index is -0.152. The molecule has 2 aromatic rings. The van der Waals surface area contributed by atoms with Gasteiger partial charge in [0.1, 0.15) is 5.75 Å². The molecule has 2 aromatic carbocycles. The molecule has 0 radical (unpaired) electrons. The molecule has 0 heterocycles. The van der Waals surface area contributed by atoms with Crippen molar-refractivity contribution in [1.82, 2.24) is 0 Å². The maximum Gasteiger partial charge on any atom is 0.119 e. The zero-order valence-electron chi connectivity index (χ0n) is 14.3. The summed E-state index contributed by atoms with van der Waals surface area (Å²) >= 11 is 0. The number of nitrogens with zero attached hydrogens (tertiary/aromatic N) is 2. The summed E-state index contributed by atoms with van der Waals surface area (Å²) in [6, 6.07) is 16.7. The second kappa shape index (κ2) is 7.69. The number of aryl methyl sites for hydroxylation is 2. The first-order valence-electron chi connectivity index (χ1n) is 7.87. The first-order valence-corrected chi connectivity index (χ1v) is 7.87. The van der Waals surface area contributed by atoms with E-state index in [1.165, 1.54) is 11.1 Å². The average Bonchev–Trinajstić information content (AvgIpc) is 2.51. The zero-order chi connectivity index (χ0) is 16.8. The number of rotatable bonds is 6. The molecule has 0 saturated heterocycles. The molecule has 0 bridgehead atoms. The van der Waals surface area contributed by atoms with Gasteiger partial charge in [-0.25, -0.2) is 0 Å². The van der Waals surface area contributed by atoms with E-state index in [-0.39, 0.29) is 5.92 Å². The molecule has 0 saturated carbocycles. The fourth-order valence-electron chi connectivity index (χ4n) is 2.64. The summed E-state index contributed by atoms with van der Waals surface area (Å²) in [5.41, 5.74) is 4.53. The van der Waals surface area contributed by atoms with Crippen LogP contribution in [0.5, 0.6) is 5.75 Å². The Balaban J connectivity index is 2.00. The number of anilines is 1. The van der Waals surface area contributed by atoms with Crippen molar-refractivity contribution in [2.75, 3.05) is 25.6 Å². The summed E-state index contributed by atoms with van der Waals surface area (Å²) in [5, 5.41) is 9.48. The summed E-state index contributed by atoms with van der Waals surface area (Å²) < 4.78 is 5.84. The fourth-order valence-corrected chi connectivity index (χ4v) is 2.64. The van der Waals surface area contributed by atoms with Crippen molar-refractivity contribution in [2.45, 2.75) is 26.2 Å². The van der Waals surface area contributed by atoms with Gasteiger partial charge in [-0.3, -0.25) is 0 Å². The smallest absolute Gasteiger partial charge is 0.119 e. The van der Waals surface area contributed by atoms with Gasteiger partial charge in [0.2, 0.25) is 0 Å². The van der Waals surface area contributed by atoms with Crippen LogP contribution in [0.3, 0.4) is 0 Å². The molecule has 1 unspecified atom stereocenters. The number of hydrogen-bond acceptors (Lipinski definition) is 3. The van der Waals surface area contributed by atoms with E-state index in [1.54, 1.807) is 0 Å². The van der Waals surface area contributed by atoms with Crippen molar-refractivity contribution >= 4 is 5.69 Å². The molecule has 0 N–H and O–H groups in total. The zero-order valence-corrected chi connectivity index (χ0v) is 14.3. The van der Waals surface area contributed by atoms with Gasteiger partial charge in [0.15, 0.2) is 0 Å². The third kappa shape index (κ3) is 4.75. The molecule has 3 heteroatoms. The summed E-state index contributed by atoms with van der Waals surface area (Å²) in [5.74, 6) is 0.724. The standard InChI is InChI=1S/C20H24N2O/c1-15-10-16(2)12-20(11-15)23-9-8-18(14-21)17-6-5-7-19(13-17)22(3)4/h5-7,10-13,18H,8-9H2,1-4H3. The summed E-state index contributed by atoms with van der Waals surface area (Å²) in [7, 11) is 4.01. The molecular formula is C20H24N2O. The van der Waals surface area contributed by atoms with E-state index in [1.807, 2.05) is 49.3 Å². The normalized spacial score (nSPS) is 11.6. The quantitative estimate of drug-likeness (QED) is 0.791. The third-order valence-corrected chi connectivity index (χ3v) is 3.82. The first kappa shape index (κ1) is 16.9. The molecule has 23 heavy (non-hydrogen) atoms. The van der Waals surface area contributed by atoms with Crippen molar-refractivity contribution < 1.29 is 4.74 Å². The maximum absolute atomic E-state index is 9.48. The Labute approximate surface area is 139 Å². The molecule has 3 nitrogen and oxygen atoms in total. The van der Waals surface area contributed by atoms with Crippen molar-refractivity contribution in [3.8, 4) is 11.8 Å². The van der Waals surface area contributed by atoms with Crippen molar-refractivity contribution in [3.63, 3.8) is 0 Å². The Morgan fingerprint density at radius 2 is 1.78 bits per heavy atom. The van der Waals surface area contributed by atoms with Crippen LogP contribution in [0.1, 0.15) is 29.0 Å². The largest absolute Gasteiger partial charge is 0.494 e. The Morgan fingerprint density at radius 3 is 2.39 bits per heavy atom. The summed E-state index contributed by atoms with van der Waals surface area (Å²) in [6.45, 7) is 4.66. The van der Waals surface area contributed by atoms with E-state index in [9.17, 15) is 5.26 Å². The highest BCUT2D eigenvalue weighted by atomic mass is 16.5. The Morgan fingerprint density at radius 1 is 1.09 bits per heavy atom. The average molecular weight is 308 g/mol. The van der Waals surface area contributed by atoms with Crippen LogP contribution in [0.2, 0.25) is 0 Å². The molecule has 0 spiro atoms. The van der Waals surface area contributed by atoms with Gasteiger partial charge < -0.3 is 9.64 Å². The number of ether oxygens (including phenoxy) is 1. The van der Waals surface area contributed by atoms with Gasteiger partial charge in [-0.1, -0.05) is 18.2 Å². The monoisotopic (exact) mass is 308 g/mol. The van der Waals surface area contributed by atoms with Gasteiger partial charge in [0.25, 0.3) is 0 Å². The maximum atomic E-state index is 9.48. The lowest BCUT2D eigenvalue weighted by Crippen LogP contribution is -2.10. The lowest BCUT2D eigenvalue weighted by Gasteiger charge is -2.16. The second-order valence-corrected chi connectivity index (χ2v) is 6.13. The van der Waals surface area contributed by atoms with E-state index >= 15 is 0 Å². The van der Waals surface area contributed by atoms with Gasteiger partial charge in [-0.15, -0.1) is 0 Å². The molecule has 1 atom stereocenters. The molecule has 120 valence electrons. The molecule has 0 aliphatic carbocycles. The van der Waals surface area contributed by atoms with Crippen LogP contribution in [0, 0.1) is 25.2 Å². The van der Waals surface area contributed by atoms with E-state index in [4.69, 9.17) is 4.74 Å². The summed E-state index contributed by atoms with van der Waals surface area (Å²) in [6.07, 6.45) is 0.681. The van der Waals surface area contributed by atoms with Crippen LogP contribution < -0.4 is 9.64 Å². The van der Waals surface area contributed by atoms with Gasteiger partial charge >= 0.3 is 0 Å². The fraction of sp³-hybridized carbons (Fsp3) is 0.350. The first-order chi connectivity index (χ1) is 11.0. The topological polar surface area (TPSA) is 36.3 Å². The second-order valence-electron chi connectivity index (χ2n) is 6.13. The molecule has 0 fully saturated rings.